The van der Waals surface area contributed by atoms with Crippen LogP contribution in [0.1, 0.15) is 39.0 Å². The molecule has 10 heavy (non-hydrogen) atoms. The number of rotatable bonds is 1. The molecule has 0 spiro atoms. The predicted molar refractivity (Wildman–Crippen MR) is 46.0 cm³/mol. The Morgan fingerprint density at radius 1 is 1.30 bits per heavy atom. The summed E-state index contributed by atoms with van der Waals surface area (Å²) in [4.78, 5) is 0. The van der Waals surface area contributed by atoms with Crippen molar-refractivity contribution >= 4 is 0 Å². The maximum atomic E-state index is 2.38. The summed E-state index contributed by atoms with van der Waals surface area (Å²) in [6, 6.07) is 0. The van der Waals surface area contributed by atoms with Gasteiger partial charge in [-0.05, 0) is 32.6 Å². The summed E-state index contributed by atoms with van der Waals surface area (Å²) in [7, 11) is 0. The van der Waals surface area contributed by atoms with Crippen LogP contribution in [-0.4, -0.2) is 0 Å². The van der Waals surface area contributed by atoms with Crippen LogP contribution in [0.2, 0.25) is 0 Å². The van der Waals surface area contributed by atoms with Gasteiger partial charge in [-0.2, -0.15) is 0 Å². The first kappa shape index (κ1) is 7.59. The van der Waals surface area contributed by atoms with Gasteiger partial charge in [-0.25, -0.2) is 0 Å². The minimum absolute atomic E-state index is 1.29. The van der Waals surface area contributed by atoms with E-state index in [1.165, 1.54) is 32.1 Å². The summed E-state index contributed by atoms with van der Waals surface area (Å²) in [6.07, 6.45) is 13.5. The fourth-order valence-electron chi connectivity index (χ4n) is 1.41. The molecule has 0 heterocycles. The summed E-state index contributed by atoms with van der Waals surface area (Å²) in [5.74, 6) is 0. The molecule has 0 aromatic heterocycles. The molecule has 0 atom stereocenters. The molecule has 0 bridgehead atoms. The van der Waals surface area contributed by atoms with E-state index in [9.17, 15) is 0 Å². The van der Waals surface area contributed by atoms with Gasteiger partial charge in [0.2, 0.25) is 0 Å². The normalized spacial score (nSPS) is 20.7. The van der Waals surface area contributed by atoms with Crippen LogP contribution in [0, 0.1) is 0 Å². The number of hydrogen-bond acceptors (Lipinski definition) is 0. The van der Waals surface area contributed by atoms with E-state index >= 15 is 0 Å². The first-order valence-electron chi connectivity index (χ1n) is 4.25. The van der Waals surface area contributed by atoms with Gasteiger partial charge in [-0.15, -0.1) is 0 Å². The molecule has 56 valence electrons. The summed E-state index contributed by atoms with van der Waals surface area (Å²) >= 11 is 0. The Bertz CT molecular complexity index is 140. The lowest BCUT2D eigenvalue weighted by atomic mass is 10.1. The van der Waals surface area contributed by atoms with Crippen LogP contribution >= 0.6 is 0 Å². The van der Waals surface area contributed by atoms with Gasteiger partial charge >= 0.3 is 0 Å². The van der Waals surface area contributed by atoms with Crippen LogP contribution in [0.4, 0.5) is 0 Å². The molecular formula is C10H16. The molecule has 1 aliphatic rings. The largest absolute Gasteiger partial charge is 0.0874 e. The van der Waals surface area contributed by atoms with Crippen LogP contribution in [0.15, 0.2) is 23.8 Å². The molecule has 0 unspecified atom stereocenters. The van der Waals surface area contributed by atoms with E-state index in [2.05, 4.69) is 25.2 Å². The van der Waals surface area contributed by atoms with Crippen molar-refractivity contribution in [1.82, 2.24) is 0 Å². The van der Waals surface area contributed by atoms with Crippen molar-refractivity contribution in [3.63, 3.8) is 0 Å². The molecule has 0 saturated carbocycles. The SMILES string of the molecule is CC=CC1=CCCCCC1. The molecule has 0 heteroatoms. The predicted octanol–water partition coefficient (Wildman–Crippen LogP) is 3.45. The minimum Gasteiger partial charge on any atom is -0.0874 e. The van der Waals surface area contributed by atoms with E-state index in [4.69, 9.17) is 0 Å². The lowest BCUT2D eigenvalue weighted by molar-refractivity contribution is 0.713. The maximum Gasteiger partial charge on any atom is -0.0282 e. The molecule has 0 saturated heterocycles. The average molecular weight is 136 g/mol. The van der Waals surface area contributed by atoms with Gasteiger partial charge < -0.3 is 0 Å². The first-order chi connectivity index (χ1) is 4.93. The Morgan fingerprint density at radius 2 is 2.20 bits per heavy atom. The summed E-state index contributed by atoms with van der Waals surface area (Å²) in [5.41, 5.74) is 1.54. The lowest BCUT2D eigenvalue weighted by Crippen LogP contribution is -1.74. The number of allylic oxidation sites excluding steroid dienone is 4. The van der Waals surface area contributed by atoms with Gasteiger partial charge in [0, 0.05) is 0 Å². The second-order valence-electron chi connectivity index (χ2n) is 2.88. The fraction of sp³-hybridized carbons (Fsp3) is 0.600. The molecule has 0 N–H and O–H groups in total. The van der Waals surface area contributed by atoms with Crippen molar-refractivity contribution < 1.29 is 0 Å². The third-order valence-corrected chi connectivity index (χ3v) is 1.96. The highest BCUT2D eigenvalue weighted by atomic mass is 14.0. The Balaban J connectivity index is 2.46. The molecule has 1 rings (SSSR count). The van der Waals surface area contributed by atoms with E-state index in [1.54, 1.807) is 5.57 Å². The van der Waals surface area contributed by atoms with E-state index < -0.39 is 0 Å². The van der Waals surface area contributed by atoms with E-state index in [-0.39, 0.29) is 0 Å². The zero-order chi connectivity index (χ0) is 7.23. The van der Waals surface area contributed by atoms with E-state index in [0.717, 1.165) is 0 Å². The van der Waals surface area contributed by atoms with Crippen LogP contribution in [0.5, 0.6) is 0 Å². The van der Waals surface area contributed by atoms with Crippen molar-refractivity contribution in [2.45, 2.75) is 39.0 Å². The van der Waals surface area contributed by atoms with Crippen molar-refractivity contribution in [3.8, 4) is 0 Å². The van der Waals surface area contributed by atoms with Crippen molar-refractivity contribution in [2.24, 2.45) is 0 Å². The minimum atomic E-state index is 1.29. The lowest BCUT2D eigenvalue weighted by Gasteiger charge is -1.94. The maximum absolute atomic E-state index is 2.38. The quantitative estimate of drug-likeness (QED) is 0.518. The highest BCUT2D eigenvalue weighted by Gasteiger charge is 1.97. The third-order valence-electron chi connectivity index (χ3n) is 1.96. The molecule has 0 radical (unpaired) electrons. The zero-order valence-corrected chi connectivity index (χ0v) is 6.77. The van der Waals surface area contributed by atoms with Crippen molar-refractivity contribution in [3.05, 3.63) is 23.8 Å². The molecule has 0 nitrogen and oxygen atoms in total. The smallest absolute Gasteiger partial charge is 0.0282 e. The summed E-state index contributed by atoms with van der Waals surface area (Å²) < 4.78 is 0. The monoisotopic (exact) mass is 136 g/mol. The molecule has 0 aliphatic heterocycles. The highest BCUT2D eigenvalue weighted by Crippen LogP contribution is 2.17. The van der Waals surface area contributed by atoms with E-state index in [1.807, 2.05) is 0 Å². The first-order valence-corrected chi connectivity index (χ1v) is 4.25. The highest BCUT2D eigenvalue weighted by molar-refractivity contribution is 5.18. The molecule has 0 amide bonds. The zero-order valence-electron chi connectivity index (χ0n) is 6.77. The molecule has 0 fully saturated rings. The van der Waals surface area contributed by atoms with Crippen LogP contribution in [0.3, 0.4) is 0 Å². The van der Waals surface area contributed by atoms with Crippen LogP contribution in [-0.2, 0) is 0 Å². The Kier molecular flexibility index (Phi) is 3.28. The second kappa shape index (κ2) is 4.32. The van der Waals surface area contributed by atoms with Gasteiger partial charge in [-0.3, -0.25) is 0 Å². The molecular weight excluding hydrogens is 120 g/mol. The summed E-state index contributed by atoms with van der Waals surface area (Å²) in [5, 5.41) is 0. The van der Waals surface area contributed by atoms with E-state index in [0.29, 0.717) is 0 Å². The van der Waals surface area contributed by atoms with Gasteiger partial charge in [0.25, 0.3) is 0 Å². The van der Waals surface area contributed by atoms with Crippen molar-refractivity contribution in [2.75, 3.05) is 0 Å². The average Bonchev–Trinajstić information content (AvgIpc) is 2.17. The Hall–Kier alpha value is -0.520. The Morgan fingerprint density at radius 3 is 3.00 bits per heavy atom. The van der Waals surface area contributed by atoms with Crippen LogP contribution < -0.4 is 0 Å². The number of hydrogen-bond donors (Lipinski definition) is 0. The third kappa shape index (κ3) is 2.38. The molecule has 1 aliphatic carbocycles. The topological polar surface area (TPSA) is 0 Å². The van der Waals surface area contributed by atoms with Gasteiger partial charge in [0.05, 0.1) is 0 Å². The van der Waals surface area contributed by atoms with Crippen LogP contribution in [0.25, 0.3) is 0 Å². The van der Waals surface area contributed by atoms with Gasteiger partial charge in [-0.1, -0.05) is 30.2 Å². The van der Waals surface area contributed by atoms with Crippen molar-refractivity contribution in [1.29, 1.82) is 0 Å². The standard InChI is InChI=1S/C10H16/c1-2-7-10-8-5-3-4-6-9-10/h2,7-8H,3-6,9H2,1H3. The molecule has 0 aromatic carbocycles. The Labute approximate surface area is 63.6 Å². The summed E-state index contributed by atoms with van der Waals surface area (Å²) in [6.45, 7) is 2.09. The van der Waals surface area contributed by atoms with Gasteiger partial charge in [0.15, 0.2) is 0 Å². The van der Waals surface area contributed by atoms with Gasteiger partial charge in [0.1, 0.15) is 0 Å². The second-order valence-corrected chi connectivity index (χ2v) is 2.88. The molecule has 0 aromatic rings. The fourth-order valence-corrected chi connectivity index (χ4v) is 1.41.